The predicted molar refractivity (Wildman–Crippen MR) is 215 cm³/mol. The highest BCUT2D eigenvalue weighted by Gasteiger charge is 2.35. The summed E-state index contributed by atoms with van der Waals surface area (Å²) in [4.78, 5) is 50.0. The quantitative estimate of drug-likeness (QED) is 0.0629. The molecule has 2 aliphatic rings. The van der Waals surface area contributed by atoms with Crippen LogP contribution in [-0.4, -0.2) is 75.5 Å². The number of carbonyl (C=O) groups is 4. The van der Waals surface area contributed by atoms with Gasteiger partial charge in [-0.05, 0) is 82.2 Å². The van der Waals surface area contributed by atoms with Gasteiger partial charge < -0.3 is 15.9 Å². The lowest BCUT2D eigenvalue weighted by atomic mass is 10.0. The number of hydrogen-bond acceptors (Lipinski definition) is 9. The summed E-state index contributed by atoms with van der Waals surface area (Å²) in [6.45, 7) is 21.5. The van der Waals surface area contributed by atoms with Crippen LogP contribution in [0, 0.1) is 11.8 Å². The Hall–Kier alpha value is -3.81. The average molecular weight is 748 g/mol. The third kappa shape index (κ3) is 19.7. The zero-order chi connectivity index (χ0) is 40.2. The summed E-state index contributed by atoms with van der Waals surface area (Å²) < 4.78 is 0. The molecule has 2 aliphatic heterocycles. The number of aliphatic hydroxyl groups excluding tert-OH is 2. The van der Waals surface area contributed by atoms with Crippen molar-refractivity contribution in [2.24, 2.45) is 29.3 Å². The summed E-state index contributed by atoms with van der Waals surface area (Å²) in [7, 11) is 0. The molecule has 0 radical (unpaired) electrons. The highest BCUT2D eigenvalue weighted by atomic mass is 19.0. The molecule has 0 fully saturated rings. The molecule has 4 unspecified atom stereocenters. The van der Waals surface area contributed by atoms with Crippen molar-refractivity contribution in [2.75, 3.05) is 19.6 Å². The summed E-state index contributed by atoms with van der Waals surface area (Å²) in [6.07, 6.45) is 9.87. The van der Waals surface area contributed by atoms with Crippen molar-refractivity contribution >= 4 is 23.6 Å². The normalized spacial score (nSPS) is 14.3. The molecule has 0 aromatic heterocycles. The Morgan fingerprint density at radius 1 is 0.642 bits per heavy atom. The molecule has 2 heterocycles. The minimum atomic E-state index is -0.593. The van der Waals surface area contributed by atoms with E-state index in [0.717, 1.165) is 31.7 Å². The number of nitrogens with two attached hydrogens (primary N) is 3. The van der Waals surface area contributed by atoms with Crippen molar-refractivity contribution in [3.05, 3.63) is 83.4 Å². The Balaban J connectivity index is -0.000000635. The molecule has 2 aromatic rings. The van der Waals surface area contributed by atoms with Crippen molar-refractivity contribution in [1.82, 2.24) is 9.80 Å². The van der Waals surface area contributed by atoms with Crippen molar-refractivity contribution in [3.63, 3.8) is 0 Å². The number of nitrogens with zero attached hydrogens (tertiary/aromatic N) is 2. The zero-order valence-electron chi connectivity index (χ0n) is 33.6. The Morgan fingerprint density at radius 2 is 0.962 bits per heavy atom. The fourth-order valence-corrected chi connectivity index (χ4v) is 4.45. The molecular weight excluding hydrogens is 677 g/mol. The van der Waals surface area contributed by atoms with E-state index >= 15 is 0 Å². The highest BCUT2D eigenvalue weighted by Crippen LogP contribution is 2.24. The third-order valence-corrected chi connectivity index (χ3v) is 8.64. The van der Waals surface area contributed by atoms with Crippen LogP contribution in [0.25, 0.3) is 0 Å². The van der Waals surface area contributed by atoms with Crippen molar-refractivity contribution in [1.29, 1.82) is 0 Å². The molecule has 0 saturated heterocycles. The molecule has 302 valence electrons. The predicted octanol–water partition coefficient (Wildman–Crippen LogP) is 6.87. The molecule has 11 nitrogen and oxygen atoms in total. The number of carbonyl (C=O) groups excluding carboxylic acids is 4. The van der Waals surface area contributed by atoms with Gasteiger partial charge in [0.1, 0.15) is 0 Å². The lowest BCUT2D eigenvalue weighted by molar-refractivity contribution is 0.0438. The topological polar surface area (TPSA) is 193 Å². The maximum Gasteiger partial charge on any atom is 0.261 e. The maximum atomic E-state index is 12.1. The van der Waals surface area contributed by atoms with Crippen LogP contribution in [0.4, 0.5) is 4.70 Å². The van der Waals surface area contributed by atoms with E-state index in [2.05, 4.69) is 59.8 Å². The zero-order valence-corrected chi connectivity index (χ0v) is 33.6. The minimum Gasteiger partial charge on any atom is -0.391 e. The first-order chi connectivity index (χ1) is 24.8. The van der Waals surface area contributed by atoms with E-state index in [1.165, 1.54) is 41.9 Å². The van der Waals surface area contributed by atoms with E-state index in [1.807, 2.05) is 0 Å². The van der Waals surface area contributed by atoms with Gasteiger partial charge in [0.2, 0.25) is 0 Å². The van der Waals surface area contributed by atoms with Gasteiger partial charge in [-0.3, -0.25) is 45.4 Å². The Labute approximate surface area is 318 Å². The standard InChI is InChI=1S/C15H19NO2.C11H9NO2.C7H17N.C4H10O2.C4H10.FH.H4N2/c1-3-11(2)7-6-10-16-14(17)12-8-4-5-9-13(12)15(16)18;1-2-7-12-10(13)8-5-3-4-6-9(8)11(12)14;1-3-7(2)5-4-6-8;1-3(5)4(2)6;1-3-4-2;;1-2/h4-5,8-9,11H,3,6-7,10H2,1-2H3;2-6H,1,7H2;7H,3-6,8H2,1-2H3;3-6H,1-2H3;3-4H2,1-2H3;1H;1-2H2. The number of unbranched alkanes of at least 4 members (excludes halogenated alkanes) is 1. The summed E-state index contributed by atoms with van der Waals surface area (Å²) >= 11 is 0. The summed E-state index contributed by atoms with van der Waals surface area (Å²) in [5, 5.41) is 16.8. The van der Waals surface area contributed by atoms with Gasteiger partial charge in [-0.1, -0.05) is 97.6 Å². The van der Waals surface area contributed by atoms with E-state index in [9.17, 15) is 19.2 Å². The van der Waals surface area contributed by atoms with Gasteiger partial charge >= 0.3 is 0 Å². The monoisotopic (exact) mass is 748 g/mol. The second-order valence-corrected chi connectivity index (χ2v) is 12.9. The van der Waals surface area contributed by atoms with Crippen LogP contribution in [0.2, 0.25) is 0 Å². The van der Waals surface area contributed by atoms with Crippen LogP contribution in [0.3, 0.4) is 0 Å². The smallest absolute Gasteiger partial charge is 0.261 e. The molecule has 4 rings (SSSR count). The fourth-order valence-electron chi connectivity index (χ4n) is 4.45. The van der Waals surface area contributed by atoms with Gasteiger partial charge in [-0.2, -0.15) is 0 Å². The lowest BCUT2D eigenvalue weighted by Crippen LogP contribution is -2.30. The van der Waals surface area contributed by atoms with Gasteiger partial charge in [0.05, 0.1) is 34.5 Å². The van der Waals surface area contributed by atoms with E-state index in [1.54, 1.807) is 68.5 Å². The number of fused-ring (bicyclic) bond motifs is 2. The first kappa shape index (κ1) is 53.5. The number of hydrazine groups is 1. The number of halogens is 1. The van der Waals surface area contributed by atoms with Crippen LogP contribution in [-0.2, 0) is 0 Å². The van der Waals surface area contributed by atoms with Crippen LogP contribution in [0.5, 0.6) is 0 Å². The number of imide groups is 2. The van der Waals surface area contributed by atoms with E-state index < -0.39 is 12.2 Å². The molecular formula is C41H70FN5O6. The molecule has 0 aliphatic carbocycles. The number of amides is 4. The lowest BCUT2D eigenvalue weighted by Gasteiger charge is -2.15. The average Bonchev–Trinajstić information content (AvgIpc) is 3.55. The van der Waals surface area contributed by atoms with Crippen LogP contribution < -0.4 is 17.4 Å². The molecule has 8 N–H and O–H groups in total. The molecule has 0 spiro atoms. The Bertz CT molecular complexity index is 1250. The fraction of sp³-hybridized carbons (Fsp3) is 0.561. The van der Waals surface area contributed by atoms with E-state index in [4.69, 9.17) is 15.9 Å². The van der Waals surface area contributed by atoms with Crippen molar-refractivity contribution < 1.29 is 34.1 Å². The first-order valence-corrected chi connectivity index (χ1v) is 18.7. The van der Waals surface area contributed by atoms with Crippen LogP contribution in [0.15, 0.2) is 61.2 Å². The molecule has 0 saturated carbocycles. The SMILES string of the molecule is C=CCN1C(=O)c2ccccc2C1=O.CC(O)C(C)O.CCC(C)CCCN.CCC(C)CCCN1C(=O)c2ccccc2C1=O.CCCC.F.NN. The number of rotatable bonds is 13. The first-order valence-electron chi connectivity index (χ1n) is 18.7. The minimum absolute atomic E-state index is 0. The Morgan fingerprint density at radius 3 is 1.23 bits per heavy atom. The van der Waals surface area contributed by atoms with Crippen LogP contribution >= 0.6 is 0 Å². The highest BCUT2D eigenvalue weighted by molar-refractivity contribution is 6.22. The molecule has 12 heteroatoms. The summed E-state index contributed by atoms with van der Waals surface area (Å²) in [5.41, 5.74) is 7.40. The van der Waals surface area contributed by atoms with Gasteiger partial charge in [0, 0.05) is 13.1 Å². The maximum absolute atomic E-state index is 12.1. The van der Waals surface area contributed by atoms with Gasteiger partial charge in [-0.15, -0.1) is 6.58 Å². The largest absolute Gasteiger partial charge is 0.391 e. The molecule has 4 atom stereocenters. The molecule has 4 amide bonds. The number of hydrogen-bond donors (Lipinski definition) is 5. The van der Waals surface area contributed by atoms with Crippen molar-refractivity contribution in [2.45, 2.75) is 119 Å². The number of aliphatic hydroxyl groups is 2. The van der Waals surface area contributed by atoms with Gasteiger partial charge in [0.25, 0.3) is 23.6 Å². The molecule has 53 heavy (non-hydrogen) atoms. The van der Waals surface area contributed by atoms with Crippen LogP contribution in [0.1, 0.15) is 148 Å². The van der Waals surface area contributed by atoms with Gasteiger partial charge in [-0.25, -0.2) is 0 Å². The van der Waals surface area contributed by atoms with Crippen molar-refractivity contribution in [3.8, 4) is 0 Å². The second kappa shape index (κ2) is 31.7. The number of benzene rings is 2. The van der Waals surface area contributed by atoms with Gasteiger partial charge in [0.15, 0.2) is 0 Å². The third-order valence-electron chi connectivity index (χ3n) is 8.64. The molecule has 0 bridgehead atoms. The second-order valence-electron chi connectivity index (χ2n) is 12.9. The summed E-state index contributed by atoms with van der Waals surface area (Å²) in [6, 6.07) is 13.9. The van der Waals surface area contributed by atoms with E-state index in [-0.39, 0.29) is 34.9 Å². The van der Waals surface area contributed by atoms with E-state index in [0.29, 0.717) is 34.7 Å². The Kier molecular flexibility index (Phi) is 32.0. The summed E-state index contributed by atoms with van der Waals surface area (Å²) in [5.74, 6) is 8.79. The molecule has 2 aromatic carbocycles.